The Balaban J connectivity index is 1.71. The van der Waals surface area contributed by atoms with Crippen LogP contribution in [0.15, 0.2) is 45.1 Å². The molecule has 0 spiro atoms. The van der Waals surface area contributed by atoms with Crippen molar-refractivity contribution in [2.75, 3.05) is 5.32 Å². The topological polar surface area (TPSA) is 124 Å². The van der Waals surface area contributed by atoms with E-state index in [0.717, 1.165) is 23.5 Å². The summed E-state index contributed by atoms with van der Waals surface area (Å²) in [5, 5.41) is 16.2. The highest BCUT2D eigenvalue weighted by Gasteiger charge is 2.24. The molecule has 0 saturated carbocycles. The summed E-state index contributed by atoms with van der Waals surface area (Å²) >= 11 is 14.2. The second-order valence-electron chi connectivity index (χ2n) is 6.32. The number of hydrogen-bond donors (Lipinski definition) is 1. The van der Waals surface area contributed by atoms with Gasteiger partial charge in [0.1, 0.15) is 0 Å². The number of nitrogens with one attached hydrogen (secondary N) is 1. The number of rotatable bonds is 7. The molecule has 0 aliphatic heterocycles. The smallest absolute Gasteiger partial charge is 0.339 e. The number of halogens is 2. The lowest BCUT2D eigenvalue weighted by Gasteiger charge is -2.14. The maximum absolute atomic E-state index is 12.5. The quantitative estimate of drug-likeness (QED) is 0.253. The van der Waals surface area contributed by atoms with Gasteiger partial charge in [-0.25, -0.2) is 14.8 Å². The number of ether oxygens (including phenoxy) is 1. The zero-order chi connectivity index (χ0) is 23.4. The van der Waals surface area contributed by atoms with E-state index >= 15 is 0 Å². The fourth-order valence-corrected chi connectivity index (χ4v) is 4.66. The number of nitrogens with zero attached hydrogens (tertiary/aromatic N) is 3. The van der Waals surface area contributed by atoms with Gasteiger partial charge in [-0.15, -0.1) is 11.3 Å². The van der Waals surface area contributed by atoms with Gasteiger partial charge >= 0.3 is 5.97 Å². The summed E-state index contributed by atoms with van der Waals surface area (Å²) in [6.07, 6.45) is 0.0771. The third-order valence-corrected chi connectivity index (χ3v) is 6.51. The average Bonchev–Trinajstić information content (AvgIpc) is 3.14. The summed E-state index contributed by atoms with van der Waals surface area (Å²) in [6.45, 7) is 3.17. The molecule has 0 aliphatic rings. The van der Waals surface area contributed by atoms with Crippen LogP contribution in [0.1, 0.15) is 23.0 Å². The van der Waals surface area contributed by atoms with Gasteiger partial charge in [-0.2, -0.15) is 0 Å². The van der Waals surface area contributed by atoms with E-state index in [-0.39, 0.29) is 22.1 Å². The number of nitro benzene ring substituents is 1. The van der Waals surface area contributed by atoms with Crippen molar-refractivity contribution in [3.05, 3.63) is 67.3 Å². The van der Waals surface area contributed by atoms with Crippen LogP contribution in [0, 0.1) is 17.0 Å². The average molecular weight is 513 g/mol. The number of aryl methyl sites for hydroxylation is 1. The molecule has 1 atom stereocenters. The van der Waals surface area contributed by atoms with Crippen molar-refractivity contribution in [2.45, 2.75) is 29.2 Å². The molecule has 2 aromatic heterocycles. The van der Waals surface area contributed by atoms with Crippen LogP contribution in [0.2, 0.25) is 10.0 Å². The fraction of sp³-hybridized carbons (Fsp3) is 0.158. The number of carbonyl (C=O) groups excluding carboxylic acids is 2. The molecule has 0 fully saturated rings. The lowest BCUT2D eigenvalue weighted by atomic mass is 10.2. The SMILES string of the molecule is Cc1csc(Sc2ccc(C(=O)O[C@@H](C)C(=O)Nc3ncc(Cl)cc3Cl)cc2[N+](=O)[O-])n1. The number of benzene rings is 1. The number of carbonyl (C=O) groups is 2. The van der Waals surface area contributed by atoms with Crippen LogP contribution in [0.5, 0.6) is 0 Å². The predicted octanol–water partition coefficient (Wildman–Crippen LogP) is 5.40. The van der Waals surface area contributed by atoms with Crippen LogP contribution < -0.4 is 5.32 Å². The van der Waals surface area contributed by atoms with E-state index in [1.54, 1.807) is 0 Å². The van der Waals surface area contributed by atoms with Crippen molar-refractivity contribution >= 4 is 69.7 Å². The first-order chi connectivity index (χ1) is 15.1. The molecule has 2 heterocycles. The zero-order valence-electron chi connectivity index (χ0n) is 16.5. The standard InChI is InChI=1S/C19H14Cl2N4O5S2/c1-9-8-31-19(23-9)32-15-4-3-11(5-14(15)25(28)29)18(27)30-10(2)17(26)24-16-13(21)6-12(20)7-22-16/h3-8,10H,1-2H3,(H,22,24,26)/t10-/m0/s1. The molecular formula is C19H14Cl2N4O5S2. The molecule has 0 radical (unpaired) electrons. The fourth-order valence-electron chi connectivity index (χ4n) is 2.35. The molecule has 1 aromatic carbocycles. The number of hydrogen-bond acceptors (Lipinski definition) is 9. The molecular weight excluding hydrogens is 499 g/mol. The molecule has 0 aliphatic carbocycles. The number of anilines is 1. The second kappa shape index (κ2) is 10.3. The third kappa shape index (κ3) is 5.94. The Labute approximate surface area is 200 Å². The molecule has 0 saturated heterocycles. The molecule has 3 rings (SSSR count). The van der Waals surface area contributed by atoms with E-state index < -0.39 is 22.9 Å². The largest absolute Gasteiger partial charge is 0.449 e. The minimum atomic E-state index is -1.22. The number of pyridine rings is 1. The predicted molar refractivity (Wildman–Crippen MR) is 122 cm³/mol. The summed E-state index contributed by atoms with van der Waals surface area (Å²) < 4.78 is 5.78. The van der Waals surface area contributed by atoms with Gasteiger partial charge in [0.05, 0.1) is 25.4 Å². The summed E-state index contributed by atoms with van der Waals surface area (Å²) in [4.78, 5) is 44.2. The maximum atomic E-state index is 12.5. The van der Waals surface area contributed by atoms with E-state index in [9.17, 15) is 19.7 Å². The summed E-state index contributed by atoms with van der Waals surface area (Å²) in [6, 6.07) is 5.33. The monoisotopic (exact) mass is 512 g/mol. The highest BCUT2D eigenvalue weighted by molar-refractivity contribution is 8.01. The normalized spacial score (nSPS) is 11.6. The van der Waals surface area contributed by atoms with Crippen LogP contribution in [-0.4, -0.2) is 32.9 Å². The van der Waals surface area contributed by atoms with Crippen molar-refractivity contribution in [1.29, 1.82) is 0 Å². The van der Waals surface area contributed by atoms with E-state index in [2.05, 4.69) is 15.3 Å². The van der Waals surface area contributed by atoms with Gasteiger partial charge in [-0.1, -0.05) is 35.0 Å². The number of aromatic nitrogens is 2. The Bertz CT molecular complexity index is 1200. The summed E-state index contributed by atoms with van der Waals surface area (Å²) in [5.74, 6) is -1.53. The Morgan fingerprint density at radius 3 is 2.69 bits per heavy atom. The van der Waals surface area contributed by atoms with Gasteiger partial charge in [0.25, 0.3) is 11.6 Å². The Morgan fingerprint density at radius 1 is 1.31 bits per heavy atom. The highest BCUT2D eigenvalue weighted by Crippen LogP contribution is 2.37. The number of amides is 1. The first-order valence-corrected chi connectivity index (χ1v) is 11.3. The van der Waals surface area contributed by atoms with Gasteiger partial charge in [0, 0.05) is 23.3 Å². The maximum Gasteiger partial charge on any atom is 0.339 e. The van der Waals surface area contributed by atoms with Crippen molar-refractivity contribution in [3.63, 3.8) is 0 Å². The number of thiazole rings is 1. The van der Waals surface area contributed by atoms with E-state index in [1.807, 2.05) is 12.3 Å². The third-order valence-electron chi connectivity index (χ3n) is 3.89. The molecule has 3 aromatic rings. The Kier molecular flexibility index (Phi) is 7.67. The molecule has 32 heavy (non-hydrogen) atoms. The molecule has 166 valence electrons. The van der Waals surface area contributed by atoms with Crippen LogP contribution in [0.3, 0.4) is 0 Å². The minimum Gasteiger partial charge on any atom is -0.449 e. The van der Waals surface area contributed by atoms with Crippen molar-refractivity contribution in [2.24, 2.45) is 0 Å². The number of nitro groups is 1. The van der Waals surface area contributed by atoms with Gasteiger partial charge in [0.15, 0.2) is 16.3 Å². The molecule has 1 N–H and O–H groups in total. The number of esters is 1. The van der Waals surface area contributed by atoms with E-state index in [1.165, 1.54) is 42.7 Å². The van der Waals surface area contributed by atoms with Crippen LogP contribution in [0.4, 0.5) is 11.5 Å². The van der Waals surface area contributed by atoms with Gasteiger partial charge in [-0.05, 0) is 32.0 Å². The molecule has 0 bridgehead atoms. The lowest BCUT2D eigenvalue weighted by molar-refractivity contribution is -0.387. The van der Waals surface area contributed by atoms with Crippen molar-refractivity contribution in [1.82, 2.24) is 9.97 Å². The summed E-state index contributed by atoms with van der Waals surface area (Å²) in [7, 11) is 0. The Morgan fingerprint density at radius 2 is 2.06 bits per heavy atom. The second-order valence-corrected chi connectivity index (χ2v) is 9.31. The van der Waals surface area contributed by atoms with Crippen LogP contribution >= 0.6 is 46.3 Å². The van der Waals surface area contributed by atoms with Gasteiger partial charge in [-0.3, -0.25) is 14.9 Å². The molecule has 1 amide bonds. The first kappa shape index (κ1) is 23.9. The highest BCUT2D eigenvalue weighted by atomic mass is 35.5. The van der Waals surface area contributed by atoms with Crippen LogP contribution in [-0.2, 0) is 9.53 Å². The first-order valence-electron chi connectivity index (χ1n) is 8.85. The van der Waals surface area contributed by atoms with Crippen molar-refractivity contribution in [3.8, 4) is 0 Å². The molecule has 0 unspecified atom stereocenters. The lowest BCUT2D eigenvalue weighted by Crippen LogP contribution is -2.30. The van der Waals surface area contributed by atoms with E-state index in [0.29, 0.717) is 14.3 Å². The van der Waals surface area contributed by atoms with E-state index in [4.69, 9.17) is 27.9 Å². The summed E-state index contributed by atoms with van der Waals surface area (Å²) in [5.41, 5.74) is 0.466. The van der Waals surface area contributed by atoms with Gasteiger partial charge in [0.2, 0.25) is 0 Å². The van der Waals surface area contributed by atoms with Crippen molar-refractivity contribution < 1.29 is 19.2 Å². The molecule has 9 nitrogen and oxygen atoms in total. The Hall–Kier alpha value is -2.73. The van der Waals surface area contributed by atoms with Gasteiger partial charge < -0.3 is 10.1 Å². The van der Waals surface area contributed by atoms with Crippen LogP contribution in [0.25, 0.3) is 0 Å². The molecule has 13 heteroatoms. The zero-order valence-corrected chi connectivity index (χ0v) is 19.6. The minimum absolute atomic E-state index is 0.0541.